The molecule has 0 aliphatic carbocycles. The number of nitrogens with one attached hydrogen (secondary N) is 1. The predicted molar refractivity (Wildman–Crippen MR) is 77.0 cm³/mol. The van der Waals surface area contributed by atoms with Crippen molar-refractivity contribution in [3.8, 4) is 0 Å². The molecule has 0 unspecified atom stereocenters. The highest BCUT2D eigenvalue weighted by atomic mass is 16.4. The van der Waals surface area contributed by atoms with Crippen molar-refractivity contribution < 1.29 is 14.7 Å². The molecule has 112 valence electrons. The topological polar surface area (TPSA) is 72.9 Å². The highest BCUT2D eigenvalue weighted by molar-refractivity contribution is 5.83. The number of hydrogen-bond acceptors (Lipinski definition) is 3. The Morgan fingerprint density at radius 2 is 1.81 bits per heavy atom. The molecule has 6 heteroatoms. The summed E-state index contributed by atoms with van der Waals surface area (Å²) in [6.07, 6.45) is 0.378. The second-order valence-corrected chi connectivity index (χ2v) is 5.47. The summed E-state index contributed by atoms with van der Waals surface area (Å²) in [6.45, 7) is 3.14. The number of amides is 2. The minimum atomic E-state index is -0.937. The van der Waals surface area contributed by atoms with Crippen LogP contribution in [-0.4, -0.2) is 59.1 Å². The van der Waals surface area contributed by atoms with Gasteiger partial charge < -0.3 is 20.2 Å². The van der Waals surface area contributed by atoms with Gasteiger partial charge in [-0.05, 0) is 11.1 Å². The summed E-state index contributed by atoms with van der Waals surface area (Å²) in [5, 5.41) is 12.7. The zero-order chi connectivity index (χ0) is 14.8. The molecule has 21 heavy (non-hydrogen) atoms. The molecule has 1 atom stereocenters. The van der Waals surface area contributed by atoms with E-state index >= 15 is 0 Å². The van der Waals surface area contributed by atoms with Gasteiger partial charge in [0.15, 0.2) is 0 Å². The maximum absolute atomic E-state index is 12.6. The van der Waals surface area contributed by atoms with Crippen molar-refractivity contribution >= 4 is 12.0 Å². The van der Waals surface area contributed by atoms with Gasteiger partial charge in [0.25, 0.3) is 0 Å². The van der Waals surface area contributed by atoms with Gasteiger partial charge in [-0.3, -0.25) is 0 Å². The molecule has 2 N–H and O–H groups in total. The normalized spacial score (nSPS) is 21.8. The summed E-state index contributed by atoms with van der Waals surface area (Å²) >= 11 is 0. The molecule has 3 rings (SSSR count). The Hall–Kier alpha value is -2.08. The molecule has 0 bridgehead atoms. The average molecular weight is 289 g/mol. The third kappa shape index (κ3) is 2.71. The molecule has 1 fully saturated rings. The standard InChI is InChI=1S/C15H19N3O3/c19-14(20)13-9-11-3-1-2-4-12(11)10-18(13)15(21)17-7-5-16-6-8-17/h1-4,13,16H,5-10H2,(H,19,20)/t13-/m1/s1. The number of rotatable bonds is 1. The average Bonchev–Trinajstić information content (AvgIpc) is 2.53. The van der Waals surface area contributed by atoms with E-state index in [9.17, 15) is 14.7 Å². The van der Waals surface area contributed by atoms with Crippen LogP contribution in [0.3, 0.4) is 0 Å². The van der Waals surface area contributed by atoms with Crippen LogP contribution in [0.15, 0.2) is 24.3 Å². The number of aliphatic carboxylic acids is 1. The van der Waals surface area contributed by atoms with E-state index in [1.54, 1.807) is 4.90 Å². The lowest BCUT2D eigenvalue weighted by molar-refractivity contribution is -0.142. The minimum absolute atomic E-state index is 0.168. The predicted octanol–water partition coefficient (Wildman–Crippen LogP) is 0.523. The Balaban J connectivity index is 1.85. The molecule has 1 aromatic rings. The Labute approximate surface area is 123 Å². The molecule has 0 radical (unpaired) electrons. The summed E-state index contributed by atoms with van der Waals surface area (Å²) in [5.41, 5.74) is 2.06. The Kier molecular flexibility index (Phi) is 3.79. The first-order chi connectivity index (χ1) is 10.2. The van der Waals surface area contributed by atoms with Crippen molar-refractivity contribution in [2.75, 3.05) is 26.2 Å². The van der Waals surface area contributed by atoms with E-state index in [-0.39, 0.29) is 6.03 Å². The van der Waals surface area contributed by atoms with Crippen LogP contribution in [0, 0.1) is 0 Å². The van der Waals surface area contributed by atoms with Gasteiger partial charge in [-0.1, -0.05) is 24.3 Å². The number of nitrogens with zero attached hydrogens (tertiary/aromatic N) is 2. The maximum Gasteiger partial charge on any atom is 0.326 e. The number of carboxylic acid groups (broad SMARTS) is 1. The molecular formula is C15H19N3O3. The maximum atomic E-state index is 12.6. The SMILES string of the molecule is O=C(O)[C@H]1Cc2ccccc2CN1C(=O)N1CCNCC1. The number of carbonyl (C=O) groups is 2. The first kappa shape index (κ1) is 13.9. The van der Waals surface area contributed by atoms with Crippen LogP contribution in [0.5, 0.6) is 0 Å². The highest BCUT2D eigenvalue weighted by Crippen LogP contribution is 2.24. The Morgan fingerprint density at radius 3 is 2.48 bits per heavy atom. The van der Waals surface area contributed by atoms with E-state index < -0.39 is 12.0 Å². The second-order valence-electron chi connectivity index (χ2n) is 5.47. The third-order valence-electron chi connectivity index (χ3n) is 4.17. The first-order valence-electron chi connectivity index (χ1n) is 7.22. The van der Waals surface area contributed by atoms with Crippen LogP contribution in [0.2, 0.25) is 0 Å². The van der Waals surface area contributed by atoms with Crippen molar-refractivity contribution in [1.82, 2.24) is 15.1 Å². The lowest BCUT2D eigenvalue weighted by atomic mass is 9.94. The van der Waals surface area contributed by atoms with Gasteiger partial charge in [0.2, 0.25) is 0 Å². The number of hydrogen-bond donors (Lipinski definition) is 2. The van der Waals surface area contributed by atoms with E-state index in [1.807, 2.05) is 24.3 Å². The lowest BCUT2D eigenvalue weighted by Gasteiger charge is -2.39. The van der Waals surface area contributed by atoms with Crippen LogP contribution in [0.1, 0.15) is 11.1 Å². The van der Waals surface area contributed by atoms with Crippen LogP contribution < -0.4 is 5.32 Å². The summed E-state index contributed by atoms with van der Waals surface area (Å²) in [7, 11) is 0. The quantitative estimate of drug-likeness (QED) is 0.791. The number of carbonyl (C=O) groups excluding carboxylic acids is 1. The van der Waals surface area contributed by atoms with E-state index in [2.05, 4.69) is 5.32 Å². The van der Waals surface area contributed by atoms with Crippen molar-refractivity contribution in [2.45, 2.75) is 19.0 Å². The van der Waals surface area contributed by atoms with Gasteiger partial charge in [0, 0.05) is 39.1 Å². The van der Waals surface area contributed by atoms with Gasteiger partial charge in [-0.25, -0.2) is 9.59 Å². The Morgan fingerprint density at radius 1 is 1.14 bits per heavy atom. The molecule has 0 spiro atoms. The summed E-state index contributed by atoms with van der Waals surface area (Å²) in [5.74, 6) is -0.937. The largest absolute Gasteiger partial charge is 0.480 e. The molecule has 6 nitrogen and oxygen atoms in total. The van der Waals surface area contributed by atoms with Crippen LogP contribution in [0.4, 0.5) is 4.79 Å². The van der Waals surface area contributed by atoms with E-state index in [0.29, 0.717) is 26.1 Å². The smallest absolute Gasteiger partial charge is 0.326 e. The van der Waals surface area contributed by atoms with E-state index in [1.165, 1.54) is 4.90 Å². The third-order valence-corrected chi connectivity index (χ3v) is 4.17. The molecule has 0 aromatic heterocycles. The van der Waals surface area contributed by atoms with Crippen molar-refractivity contribution in [1.29, 1.82) is 0 Å². The van der Waals surface area contributed by atoms with Crippen molar-refractivity contribution in [3.05, 3.63) is 35.4 Å². The van der Waals surface area contributed by atoms with Crippen molar-refractivity contribution in [3.63, 3.8) is 0 Å². The first-order valence-corrected chi connectivity index (χ1v) is 7.22. The van der Waals surface area contributed by atoms with Gasteiger partial charge in [-0.2, -0.15) is 0 Å². The molecule has 1 saturated heterocycles. The van der Waals surface area contributed by atoms with Gasteiger partial charge in [-0.15, -0.1) is 0 Å². The monoisotopic (exact) mass is 289 g/mol. The number of carboxylic acids is 1. The van der Waals surface area contributed by atoms with Crippen LogP contribution >= 0.6 is 0 Å². The molecule has 2 amide bonds. The van der Waals surface area contributed by atoms with Gasteiger partial charge in [0.05, 0.1) is 0 Å². The molecule has 2 heterocycles. The van der Waals surface area contributed by atoms with Crippen LogP contribution in [0.25, 0.3) is 0 Å². The second kappa shape index (κ2) is 5.73. The van der Waals surface area contributed by atoms with Gasteiger partial charge >= 0.3 is 12.0 Å². The molecule has 2 aliphatic heterocycles. The lowest BCUT2D eigenvalue weighted by Crippen LogP contribution is -2.56. The Bertz CT molecular complexity index is 555. The van der Waals surface area contributed by atoms with E-state index in [4.69, 9.17) is 0 Å². The van der Waals surface area contributed by atoms with Gasteiger partial charge in [0.1, 0.15) is 6.04 Å². The fourth-order valence-electron chi connectivity index (χ4n) is 2.98. The summed E-state index contributed by atoms with van der Waals surface area (Å²) < 4.78 is 0. The highest BCUT2D eigenvalue weighted by Gasteiger charge is 2.36. The molecular weight excluding hydrogens is 270 g/mol. The number of benzene rings is 1. The van der Waals surface area contributed by atoms with Crippen molar-refractivity contribution in [2.24, 2.45) is 0 Å². The zero-order valence-electron chi connectivity index (χ0n) is 11.8. The molecule has 2 aliphatic rings. The summed E-state index contributed by atoms with van der Waals surface area (Å²) in [6, 6.07) is 6.79. The minimum Gasteiger partial charge on any atom is -0.480 e. The number of piperazine rings is 1. The van der Waals surface area contributed by atoms with Crippen LogP contribution in [-0.2, 0) is 17.8 Å². The van der Waals surface area contributed by atoms with E-state index in [0.717, 1.165) is 24.2 Å². The fourth-order valence-corrected chi connectivity index (χ4v) is 2.98. The molecule has 0 saturated carbocycles. The molecule has 1 aromatic carbocycles. The number of urea groups is 1. The fraction of sp³-hybridized carbons (Fsp3) is 0.467. The number of fused-ring (bicyclic) bond motifs is 1. The zero-order valence-corrected chi connectivity index (χ0v) is 11.8. The summed E-state index contributed by atoms with van der Waals surface area (Å²) in [4.78, 5) is 27.4.